The average Bonchev–Trinajstić information content (AvgIpc) is 2.99. The number of rotatable bonds is 10. The molecule has 0 radical (unpaired) electrons. The minimum absolute atomic E-state index is 0.688. The Bertz CT molecular complexity index is 1280. The molecule has 0 saturated heterocycles. The van der Waals surface area contributed by atoms with Crippen molar-refractivity contribution in [3.05, 3.63) is 157 Å². The molecule has 0 aromatic heterocycles. The summed E-state index contributed by atoms with van der Waals surface area (Å²) in [7, 11) is -1.81. The zero-order chi connectivity index (χ0) is 25.2. The van der Waals surface area contributed by atoms with Crippen LogP contribution < -0.4 is 20.7 Å². The molecule has 0 bridgehead atoms. The average molecular weight is 500 g/mol. The molecule has 5 aromatic rings. The maximum atomic E-state index is 6.22. The Kier molecular flexibility index (Phi) is 8.26. The Hall–Kier alpha value is -3.93. The molecule has 0 spiro atoms. The zero-order valence-electron chi connectivity index (χ0n) is 21.0. The van der Waals surface area contributed by atoms with Crippen LogP contribution in [0, 0.1) is 0 Å². The lowest BCUT2D eigenvalue weighted by Crippen LogP contribution is -2.33. The zero-order valence-corrected chi connectivity index (χ0v) is 21.9. The van der Waals surface area contributed by atoms with Gasteiger partial charge in [0.1, 0.15) is 28.9 Å². The SMILES string of the molecule is C(=C\c1ccc(OCCC[P+](c2ccccc2)(c2ccccc2)c2ccccc2)cc1)/c1ccccc1. The lowest BCUT2D eigenvalue weighted by molar-refractivity contribution is 0.318. The summed E-state index contributed by atoms with van der Waals surface area (Å²) in [6, 6.07) is 51.9. The van der Waals surface area contributed by atoms with Gasteiger partial charge in [0, 0.05) is 6.42 Å². The lowest BCUT2D eigenvalue weighted by atomic mass is 10.1. The smallest absolute Gasteiger partial charge is 0.119 e. The lowest BCUT2D eigenvalue weighted by Gasteiger charge is -2.27. The normalized spacial score (nSPS) is 11.5. The quantitative estimate of drug-likeness (QED) is 0.109. The molecule has 0 saturated carbocycles. The summed E-state index contributed by atoms with van der Waals surface area (Å²) >= 11 is 0. The fraction of sp³-hybridized carbons (Fsp3) is 0.0857. The molecule has 0 aliphatic heterocycles. The Morgan fingerprint density at radius 1 is 0.459 bits per heavy atom. The van der Waals surface area contributed by atoms with E-state index in [1.807, 2.05) is 6.07 Å². The van der Waals surface area contributed by atoms with Crippen molar-refractivity contribution in [1.82, 2.24) is 0 Å². The van der Waals surface area contributed by atoms with E-state index in [-0.39, 0.29) is 0 Å². The molecule has 37 heavy (non-hydrogen) atoms. The van der Waals surface area contributed by atoms with Crippen molar-refractivity contribution in [2.24, 2.45) is 0 Å². The predicted molar refractivity (Wildman–Crippen MR) is 162 cm³/mol. The largest absolute Gasteiger partial charge is 0.493 e. The third-order valence-corrected chi connectivity index (χ3v) is 11.2. The first-order chi connectivity index (χ1) is 18.3. The highest BCUT2D eigenvalue weighted by Gasteiger charge is 2.44. The summed E-state index contributed by atoms with van der Waals surface area (Å²) in [5.41, 5.74) is 2.36. The number of hydrogen-bond donors (Lipinski definition) is 0. The summed E-state index contributed by atoms with van der Waals surface area (Å²) in [6.07, 6.45) is 6.30. The molecule has 5 aromatic carbocycles. The second kappa shape index (κ2) is 12.3. The summed E-state index contributed by atoms with van der Waals surface area (Å²) in [6.45, 7) is 0.688. The minimum atomic E-state index is -1.81. The maximum absolute atomic E-state index is 6.22. The van der Waals surface area contributed by atoms with E-state index in [4.69, 9.17) is 4.74 Å². The molecule has 0 unspecified atom stereocenters. The molecule has 0 heterocycles. The summed E-state index contributed by atoms with van der Waals surface area (Å²) < 4.78 is 6.22. The van der Waals surface area contributed by atoms with Gasteiger partial charge in [0.2, 0.25) is 0 Å². The third kappa shape index (κ3) is 6.08. The van der Waals surface area contributed by atoms with Crippen LogP contribution >= 0.6 is 7.26 Å². The Labute approximate surface area is 221 Å². The van der Waals surface area contributed by atoms with Crippen molar-refractivity contribution >= 4 is 35.3 Å². The van der Waals surface area contributed by atoms with Gasteiger partial charge in [-0.1, -0.05) is 109 Å². The van der Waals surface area contributed by atoms with E-state index in [0.29, 0.717) is 6.61 Å². The van der Waals surface area contributed by atoms with Crippen LogP contribution in [0.2, 0.25) is 0 Å². The summed E-state index contributed by atoms with van der Waals surface area (Å²) in [5, 5.41) is 4.26. The van der Waals surface area contributed by atoms with Gasteiger partial charge >= 0.3 is 0 Å². The van der Waals surface area contributed by atoms with E-state index >= 15 is 0 Å². The standard InChI is InChI=1S/C35H32OP/c1-5-14-30(15-6-1)22-23-31-24-26-32(27-25-31)36-28-13-29-37(33-16-7-2-8-17-33,34-18-9-3-10-19-34)35-20-11-4-12-21-35/h1-12,14-27H,13,28-29H2/q+1/b23-22+. The molecule has 0 aliphatic carbocycles. The fourth-order valence-electron chi connectivity index (χ4n) is 4.81. The first-order valence-electron chi connectivity index (χ1n) is 12.9. The maximum Gasteiger partial charge on any atom is 0.119 e. The number of ether oxygens (including phenoxy) is 1. The molecule has 0 atom stereocenters. The molecule has 2 heteroatoms. The van der Waals surface area contributed by atoms with Crippen LogP contribution in [0.15, 0.2) is 146 Å². The Morgan fingerprint density at radius 3 is 1.32 bits per heavy atom. The summed E-state index contributed by atoms with van der Waals surface area (Å²) in [5.74, 6) is 0.917. The second-order valence-corrected chi connectivity index (χ2v) is 12.7. The van der Waals surface area contributed by atoms with Crippen molar-refractivity contribution in [2.75, 3.05) is 12.8 Å². The highest BCUT2D eigenvalue weighted by molar-refractivity contribution is 7.95. The van der Waals surface area contributed by atoms with Gasteiger partial charge in [-0.15, -0.1) is 0 Å². The topological polar surface area (TPSA) is 9.23 Å². The van der Waals surface area contributed by atoms with E-state index in [9.17, 15) is 0 Å². The predicted octanol–water partition coefficient (Wildman–Crippen LogP) is 7.62. The van der Waals surface area contributed by atoms with Crippen molar-refractivity contribution < 1.29 is 4.74 Å². The van der Waals surface area contributed by atoms with Crippen LogP contribution in [0.5, 0.6) is 5.75 Å². The van der Waals surface area contributed by atoms with E-state index < -0.39 is 7.26 Å². The van der Waals surface area contributed by atoms with Crippen molar-refractivity contribution in [2.45, 2.75) is 6.42 Å². The van der Waals surface area contributed by atoms with Gasteiger partial charge in [-0.25, -0.2) is 0 Å². The van der Waals surface area contributed by atoms with Crippen LogP contribution in [0.3, 0.4) is 0 Å². The molecule has 0 aliphatic rings. The number of hydrogen-bond acceptors (Lipinski definition) is 1. The molecule has 1 nitrogen and oxygen atoms in total. The van der Waals surface area contributed by atoms with Gasteiger partial charge in [-0.05, 0) is 59.7 Å². The van der Waals surface area contributed by atoms with E-state index in [0.717, 1.165) is 18.3 Å². The van der Waals surface area contributed by atoms with Crippen LogP contribution in [-0.4, -0.2) is 12.8 Å². The summed E-state index contributed by atoms with van der Waals surface area (Å²) in [4.78, 5) is 0. The van der Waals surface area contributed by atoms with Gasteiger partial charge < -0.3 is 4.74 Å². The van der Waals surface area contributed by atoms with Crippen LogP contribution in [0.4, 0.5) is 0 Å². The third-order valence-electron chi connectivity index (χ3n) is 6.65. The van der Waals surface area contributed by atoms with E-state index in [1.54, 1.807) is 0 Å². The van der Waals surface area contributed by atoms with E-state index in [2.05, 4.69) is 152 Å². The van der Waals surface area contributed by atoms with Gasteiger partial charge in [-0.2, -0.15) is 0 Å². The monoisotopic (exact) mass is 499 g/mol. The molecule has 182 valence electrons. The molecular formula is C35H32OP+. The molecule has 0 N–H and O–H groups in total. The first-order valence-corrected chi connectivity index (χ1v) is 14.8. The molecule has 0 fully saturated rings. The van der Waals surface area contributed by atoms with Crippen molar-refractivity contribution in [3.63, 3.8) is 0 Å². The molecular weight excluding hydrogens is 467 g/mol. The van der Waals surface area contributed by atoms with Crippen LogP contribution in [0.25, 0.3) is 12.2 Å². The van der Waals surface area contributed by atoms with Gasteiger partial charge in [0.05, 0.1) is 12.8 Å². The van der Waals surface area contributed by atoms with Crippen molar-refractivity contribution in [1.29, 1.82) is 0 Å². The molecule has 0 amide bonds. The number of benzene rings is 5. The second-order valence-electron chi connectivity index (χ2n) is 9.06. The highest BCUT2D eigenvalue weighted by atomic mass is 31.2. The Balaban J connectivity index is 1.31. The fourth-order valence-corrected chi connectivity index (χ4v) is 9.12. The van der Waals surface area contributed by atoms with Gasteiger partial charge in [0.25, 0.3) is 0 Å². The van der Waals surface area contributed by atoms with Crippen LogP contribution in [0.1, 0.15) is 17.5 Å². The Morgan fingerprint density at radius 2 is 0.865 bits per heavy atom. The van der Waals surface area contributed by atoms with E-state index in [1.165, 1.54) is 27.0 Å². The first kappa shape index (κ1) is 24.8. The van der Waals surface area contributed by atoms with Crippen LogP contribution in [-0.2, 0) is 0 Å². The van der Waals surface area contributed by atoms with Crippen molar-refractivity contribution in [3.8, 4) is 5.75 Å². The van der Waals surface area contributed by atoms with Gasteiger partial charge in [-0.3, -0.25) is 0 Å². The molecule has 5 rings (SSSR count). The highest BCUT2D eigenvalue weighted by Crippen LogP contribution is 2.55. The van der Waals surface area contributed by atoms with Gasteiger partial charge in [0.15, 0.2) is 0 Å². The minimum Gasteiger partial charge on any atom is -0.493 e.